The Balaban J connectivity index is 1.22. The van der Waals surface area contributed by atoms with Gasteiger partial charge in [0, 0.05) is 73.8 Å². The van der Waals surface area contributed by atoms with E-state index < -0.39 is 0 Å². The second-order valence-corrected chi connectivity index (χ2v) is 7.52. The molecule has 1 aromatic carbocycles. The van der Waals surface area contributed by atoms with Crippen LogP contribution in [-0.4, -0.2) is 45.7 Å². The number of fused-ring (bicyclic) bond motifs is 3. The summed E-state index contributed by atoms with van der Waals surface area (Å²) in [6, 6.07) is 8.58. The summed E-state index contributed by atoms with van der Waals surface area (Å²) in [5, 5.41) is 4.63. The minimum atomic E-state index is 0.298. The Hall–Kier alpha value is -2.44. The molecule has 1 atom stereocenters. The van der Waals surface area contributed by atoms with Gasteiger partial charge >= 0.3 is 0 Å². The summed E-state index contributed by atoms with van der Waals surface area (Å²) >= 11 is 0. The van der Waals surface area contributed by atoms with Gasteiger partial charge in [-0.25, -0.2) is 9.97 Å². The Morgan fingerprint density at radius 3 is 2.96 bits per heavy atom. The summed E-state index contributed by atoms with van der Waals surface area (Å²) in [7, 11) is 0. The fraction of sp³-hybridized carbons (Fsp3) is 0.429. The number of hydrogen-bond donors (Lipinski definition) is 2. The molecule has 0 amide bonds. The first-order chi connectivity index (χ1) is 13.3. The maximum atomic E-state index is 5.62. The van der Waals surface area contributed by atoms with Gasteiger partial charge < -0.3 is 15.0 Å². The van der Waals surface area contributed by atoms with Crippen LogP contribution >= 0.6 is 0 Å². The van der Waals surface area contributed by atoms with Gasteiger partial charge in [-0.15, -0.1) is 0 Å². The number of H-pyrrole nitrogens is 1. The third-order valence-corrected chi connectivity index (χ3v) is 5.59. The molecule has 140 valence electrons. The van der Waals surface area contributed by atoms with Gasteiger partial charge in [0.2, 0.25) is 5.95 Å². The van der Waals surface area contributed by atoms with Crippen LogP contribution in [0.4, 0.5) is 5.95 Å². The largest absolute Gasteiger partial charge is 0.376 e. The lowest BCUT2D eigenvalue weighted by Crippen LogP contribution is -2.30. The summed E-state index contributed by atoms with van der Waals surface area (Å²) in [5.74, 6) is 0.687. The van der Waals surface area contributed by atoms with E-state index in [1.165, 1.54) is 22.2 Å². The van der Waals surface area contributed by atoms with Crippen molar-refractivity contribution < 1.29 is 4.74 Å². The van der Waals surface area contributed by atoms with E-state index in [9.17, 15) is 0 Å². The maximum Gasteiger partial charge on any atom is 0.222 e. The number of nitrogens with zero attached hydrogens (tertiary/aromatic N) is 3. The van der Waals surface area contributed by atoms with Crippen LogP contribution < -0.4 is 5.32 Å². The molecule has 2 aliphatic rings. The summed E-state index contributed by atoms with van der Waals surface area (Å²) in [6.45, 7) is 4.57. The highest BCUT2D eigenvalue weighted by Gasteiger charge is 2.21. The van der Waals surface area contributed by atoms with Crippen LogP contribution in [0.15, 0.2) is 36.7 Å². The van der Waals surface area contributed by atoms with E-state index in [-0.39, 0.29) is 0 Å². The van der Waals surface area contributed by atoms with Crippen LogP contribution in [0.25, 0.3) is 10.9 Å². The van der Waals surface area contributed by atoms with Gasteiger partial charge in [-0.3, -0.25) is 4.90 Å². The average Bonchev–Trinajstić information content (AvgIpc) is 3.35. The van der Waals surface area contributed by atoms with Crippen LogP contribution in [0.2, 0.25) is 0 Å². The lowest BCUT2D eigenvalue weighted by Gasteiger charge is -2.27. The first kappa shape index (κ1) is 16.7. The molecule has 0 saturated carbocycles. The van der Waals surface area contributed by atoms with E-state index in [2.05, 4.69) is 49.4 Å². The van der Waals surface area contributed by atoms with Crippen molar-refractivity contribution in [1.29, 1.82) is 0 Å². The number of aromatic amines is 1. The number of benzene rings is 1. The molecular weight excluding hydrogens is 338 g/mol. The number of aromatic nitrogens is 3. The summed E-state index contributed by atoms with van der Waals surface area (Å²) in [6.07, 6.45) is 7.51. The summed E-state index contributed by atoms with van der Waals surface area (Å²) in [4.78, 5) is 15.0. The quantitative estimate of drug-likeness (QED) is 0.729. The van der Waals surface area contributed by atoms with E-state index in [1.807, 2.05) is 12.4 Å². The van der Waals surface area contributed by atoms with Crippen molar-refractivity contribution in [2.75, 3.05) is 25.0 Å². The van der Waals surface area contributed by atoms with Gasteiger partial charge in [0.15, 0.2) is 0 Å². The van der Waals surface area contributed by atoms with Crippen molar-refractivity contribution in [3.8, 4) is 0 Å². The number of nitrogens with one attached hydrogen (secondary N) is 2. The number of ether oxygens (including phenoxy) is 1. The minimum absolute atomic E-state index is 0.298. The van der Waals surface area contributed by atoms with Crippen LogP contribution in [0.3, 0.4) is 0 Å². The molecule has 1 unspecified atom stereocenters. The van der Waals surface area contributed by atoms with Gasteiger partial charge in [-0.1, -0.05) is 18.2 Å². The molecule has 1 saturated heterocycles. The zero-order valence-electron chi connectivity index (χ0n) is 15.4. The Kier molecular flexibility index (Phi) is 4.51. The zero-order chi connectivity index (χ0) is 18.1. The number of anilines is 1. The molecule has 2 aromatic heterocycles. The Labute approximate surface area is 159 Å². The highest BCUT2D eigenvalue weighted by atomic mass is 16.5. The van der Waals surface area contributed by atoms with Crippen LogP contribution in [0.1, 0.15) is 29.7 Å². The summed E-state index contributed by atoms with van der Waals surface area (Å²) < 4.78 is 5.62. The van der Waals surface area contributed by atoms with Crippen LogP contribution in [-0.2, 0) is 24.2 Å². The van der Waals surface area contributed by atoms with Gasteiger partial charge in [0.25, 0.3) is 0 Å². The van der Waals surface area contributed by atoms with E-state index in [0.29, 0.717) is 12.1 Å². The third-order valence-electron chi connectivity index (χ3n) is 5.59. The van der Waals surface area contributed by atoms with Crippen molar-refractivity contribution in [1.82, 2.24) is 19.9 Å². The van der Waals surface area contributed by atoms with Gasteiger partial charge in [0.05, 0.1) is 6.10 Å². The molecule has 2 N–H and O–H groups in total. The monoisotopic (exact) mass is 363 g/mol. The predicted octanol–water partition coefficient (Wildman–Crippen LogP) is 3.11. The van der Waals surface area contributed by atoms with E-state index >= 15 is 0 Å². The molecule has 0 bridgehead atoms. The number of para-hydroxylation sites is 1. The van der Waals surface area contributed by atoms with Gasteiger partial charge in [-0.2, -0.15) is 0 Å². The number of rotatable bonds is 5. The first-order valence-electron chi connectivity index (χ1n) is 9.82. The highest BCUT2D eigenvalue weighted by molar-refractivity contribution is 5.84. The van der Waals surface area contributed by atoms with E-state index in [1.54, 1.807) is 0 Å². The second kappa shape index (κ2) is 7.29. The predicted molar refractivity (Wildman–Crippen MR) is 106 cm³/mol. The molecule has 6 heteroatoms. The molecule has 4 heterocycles. The molecule has 6 nitrogen and oxygen atoms in total. The lowest BCUT2D eigenvalue weighted by atomic mass is 10.0. The molecule has 0 radical (unpaired) electrons. The number of hydrogen-bond acceptors (Lipinski definition) is 5. The fourth-order valence-corrected chi connectivity index (χ4v) is 4.15. The molecule has 27 heavy (non-hydrogen) atoms. The summed E-state index contributed by atoms with van der Waals surface area (Å²) in [5.41, 5.74) is 5.22. The fourth-order valence-electron chi connectivity index (χ4n) is 4.15. The van der Waals surface area contributed by atoms with Crippen LogP contribution in [0.5, 0.6) is 0 Å². The lowest BCUT2D eigenvalue weighted by molar-refractivity contribution is 0.120. The van der Waals surface area contributed by atoms with Crippen LogP contribution in [0, 0.1) is 0 Å². The Morgan fingerprint density at radius 1 is 1.22 bits per heavy atom. The smallest absolute Gasteiger partial charge is 0.222 e. The second-order valence-electron chi connectivity index (χ2n) is 7.52. The molecule has 5 rings (SSSR count). The molecule has 2 aliphatic heterocycles. The van der Waals surface area contributed by atoms with Gasteiger partial charge in [-0.05, 0) is 24.5 Å². The van der Waals surface area contributed by atoms with Gasteiger partial charge in [0.1, 0.15) is 0 Å². The molecule has 0 aliphatic carbocycles. The Morgan fingerprint density at radius 2 is 2.11 bits per heavy atom. The normalized spacial score (nSPS) is 20.1. The molecular formula is C21H25N5O. The molecule has 1 fully saturated rings. The average molecular weight is 363 g/mol. The topological polar surface area (TPSA) is 66.1 Å². The maximum absolute atomic E-state index is 5.62. The minimum Gasteiger partial charge on any atom is -0.376 e. The van der Waals surface area contributed by atoms with E-state index in [4.69, 9.17) is 4.74 Å². The zero-order valence-corrected chi connectivity index (χ0v) is 15.4. The Bertz CT molecular complexity index is 914. The van der Waals surface area contributed by atoms with E-state index in [0.717, 1.165) is 57.6 Å². The van der Waals surface area contributed by atoms with Crippen molar-refractivity contribution in [3.05, 3.63) is 53.5 Å². The third kappa shape index (κ3) is 3.55. The van der Waals surface area contributed by atoms with Crippen molar-refractivity contribution in [2.45, 2.75) is 38.5 Å². The molecule has 3 aromatic rings. The van der Waals surface area contributed by atoms with Crippen molar-refractivity contribution in [3.63, 3.8) is 0 Å². The standard InChI is InChI=1S/C21H25N5O/c1-2-6-19-17(5-1)18-14-26(8-7-20(18)25-19)13-15-10-22-21(23-11-15)24-12-16-4-3-9-27-16/h1-2,5-6,10-11,16,25H,3-4,7-9,12-14H2,(H,22,23,24). The van der Waals surface area contributed by atoms with Crippen molar-refractivity contribution in [2.24, 2.45) is 0 Å². The van der Waals surface area contributed by atoms with Crippen molar-refractivity contribution >= 4 is 16.9 Å². The molecule has 0 spiro atoms. The SMILES string of the molecule is c1ccc2c3c([nH]c2c1)CCN(Cc1cnc(NCC2CCCO2)nc1)C3. The first-order valence-corrected chi connectivity index (χ1v) is 9.82. The highest BCUT2D eigenvalue weighted by Crippen LogP contribution is 2.28.